The van der Waals surface area contributed by atoms with Crippen LogP contribution in [0.1, 0.15) is 12.5 Å². The first kappa shape index (κ1) is 30.2. The maximum absolute atomic E-state index is 13.5. The van der Waals surface area contributed by atoms with Crippen molar-refractivity contribution in [3.63, 3.8) is 0 Å². The minimum Gasteiger partial charge on any atom is -0.394 e. The highest BCUT2D eigenvalue weighted by molar-refractivity contribution is 7.48. The van der Waals surface area contributed by atoms with Crippen LogP contribution in [-0.4, -0.2) is 108 Å². The summed E-state index contributed by atoms with van der Waals surface area (Å²) in [5.41, 5.74) is 9.70. The van der Waals surface area contributed by atoms with E-state index in [-0.39, 0.29) is 22.9 Å². The number of nitrogens with two attached hydrogens (primary N) is 2. The van der Waals surface area contributed by atoms with Crippen molar-refractivity contribution in [2.24, 2.45) is 0 Å². The molecule has 20 nitrogen and oxygen atoms in total. The van der Waals surface area contributed by atoms with Crippen LogP contribution in [0, 0.1) is 0 Å². The molecule has 0 aromatic carbocycles. The van der Waals surface area contributed by atoms with Gasteiger partial charge in [-0.15, -0.1) is 0 Å². The van der Waals surface area contributed by atoms with E-state index in [0.717, 1.165) is 11.7 Å². The number of methoxy groups -OCH3 is 1. The normalized spacial score (nSPS) is 31.1. The Hall–Kier alpha value is -3.30. The van der Waals surface area contributed by atoms with Gasteiger partial charge in [-0.25, -0.2) is 14.3 Å². The van der Waals surface area contributed by atoms with Gasteiger partial charge in [0.1, 0.15) is 42.4 Å². The summed E-state index contributed by atoms with van der Waals surface area (Å²) >= 11 is 0. The molecule has 0 aliphatic carbocycles. The number of hydrogen-bond donors (Lipinski definition) is 6. The van der Waals surface area contributed by atoms with Gasteiger partial charge in [-0.1, -0.05) is 0 Å². The third kappa shape index (κ3) is 5.44. The number of imidazole rings is 1. The predicted molar refractivity (Wildman–Crippen MR) is 139 cm³/mol. The van der Waals surface area contributed by atoms with Crippen molar-refractivity contribution in [1.82, 2.24) is 29.1 Å². The Balaban J connectivity index is 1.31. The van der Waals surface area contributed by atoms with Crippen molar-refractivity contribution in [3.8, 4) is 0 Å². The lowest BCUT2D eigenvalue weighted by atomic mass is 10.1. The summed E-state index contributed by atoms with van der Waals surface area (Å²) < 4.78 is 48.8. The summed E-state index contributed by atoms with van der Waals surface area (Å²) in [5.74, 6) is -0.225. The Kier molecular flexibility index (Phi) is 8.45. The number of nitrogens with zero attached hydrogens (tertiary/aromatic N) is 5. The Labute approximate surface area is 235 Å². The molecule has 0 amide bonds. The largest absolute Gasteiger partial charge is 0.475 e. The van der Waals surface area contributed by atoms with Gasteiger partial charge in [0.05, 0.1) is 19.5 Å². The number of fused-ring (bicyclic) bond motifs is 1. The zero-order valence-corrected chi connectivity index (χ0v) is 23.0. The number of nitrogens with one attached hydrogen (secondary N) is 1. The lowest BCUT2D eigenvalue weighted by molar-refractivity contribution is -0.0624. The Morgan fingerprint density at radius 3 is 2.48 bits per heavy atom. The fourth-order valence-corrected chi connectivity index (χ4v) is 5.88. The second kappa shape index (κ2) is 11.8. The highest BCUT2D eigenvalue weighted by Crippen LogP contribution is 2.53. The Morgan fingerprint density at radius 1 is 1.07 bits per heavy atom. The zero-order chi connectivity index (χ0) is 30.3. The van der Waals surface area contributed by atoms with E-state index in [0.29, 0.717) is 0 Å². The van der Waals surface area contributed by atoms with Crippen LogP contribution in [0.25, 0.3) is 11.2 Å². The van der Waals surface area contributed by atoms with Crippen LogP contribution in [0.4, 0.5) is 11.8 Å². The fourth-order valence-electron chi connectivity index (χ4n) is 4.74. The number of rotatable bonds is 10. The highest BCUT2D eigenvalue weighted by Gasteiger charge is 2.51. The molecule has 1 unspecified atom stereocenters. The minimum atomic E-state index is -4.48. The maximum Gasteiger partial charge on any atom is 0.475 e. The van der Waals surface area contributed by atoms with Gasteiger partial charge in [0, 0.05) is 20.4 Å². The van der Waals surface area contributed by atoms with Crippen molar-refractivity contribution >= 4 is 30.8 Å². The van der Waals surface area contributed by atoms with Crippen LogP contribution in [0.2, 0.25) is 0 Å². The lowest BCUT2D eigenvalue weighted by Crippen LogP contribution is -2.39. The van der Waals surface area contributed by atoms with Gasteiger partial charge in [-0.2, -0.15) is 9.97 Å². The van der Waals surface area contributed by atoms with Crippen molar-refractivity contribution in [2.75, 3.05) is 38.9 Å². The van der Waals surface area contributed by atoms with Crippen molar-refractivity contribution in [3.05, 3.63) is 39.4 Å². The topological polar surface area (TPSA) is 284 Å². The third-order valence-corrected chi connectivity index (χ3v) is 8.21. The highest BCUT2D eigenvalue weighted by atomic mass is 31.2. The molecular formula is C21H29N8O12P. The van der Waals surface area contributed by atoms with Gasteiger partial charge in [0.25, 0.3) is 5.56 Å². The lowest BCUT2D eigenvalue weighted by Gasteiger charge is -2.27. The van der Waals surface area contributed by atoms with E-state index in [1.807, 2.05) is 0 Å². The monoisotopic (exact) mass is 616 g/mol. The average Bonchev–Trinajstić information content (AvgIpc) is 3.61. The molecule has 0 bridgehead atoms. The molecule has 5 heterocycles. The number of aromatic amines is 1. The molecule has 2 aliphatic heterocycles. The molecule has 21 heteroatoms. The first-order valence-corrected chi connectivity index (χ1v) is 13.8. The van der Waals surface area contributed by atoms with Gasteiger partial charge >= 0.3 is 13.5 Å². The number of phosphoric ester groups is 1. The second-order valence-electron chi connectivity index (χ2n) is 9.31. The van der Waals surface area contributed by atoms with E-state index in [1.54, 1.807) is 0 Å². The van der Waals surface area contributed by atoms with Crippen LogP contribution in [0.15, 0.2) is 28.2 Å². The first-order valence-electron chi connectivity index (χ1n) is 12.4. The summed E-state index contributed by atoms with van der Waals surface area (Å²) in [6.07, 6.45) is -7.84. The van der Waals surface area contributed by atoms with E-state index in [9.17, 15) is 29.5 Å². The molecule has 2 aliphatic rings. The number of aliphatic hydroxyl groups excluding tert-OH is 3. The standard InChI is InChI=1S/C21H29N8O12P/c1-36-15-14(8(5-30)39-19(15)28-4-3-10(22)25-21(28)34)41-42(35,37-2)38-6-9-12(31)13(32)18(40-9)29-7-24-11-16(29)26-20(23)27-17(11)33/h3-4,7-9,12-15,18-19,30-32H,5-6H2,1-2H3,(H2,22,25,34)(H3,23,26,27,33)/t8-,9-,12-,13-,14-,15-,18-,19-,42?/m1/s1. The molecule has 5 rings (SSSR count). The molecule has 0 spiro atoms. The number of nitrogen functional groups attached to an aromatic ring is 2. The summed E-state index contributed by atoms with van der Waals surface area (Å²) in [4.78, 5) is 38.4. The molecule has 0 saturated carbocycles. The van der Waals surface area contributed by atoms with Gasteiger partial charge in [-0.3, -0.25) is 32.5 Å². The number of anilines is 2. The van der Waals surface area contributed by atoms with E-state index in [1.165, 1.54) is 30.3 Å². The summed E-state index contributed by atoms with van der Waals surface area (Å²) in [6, 6.07) is 1.35. The quantitative estimate of drug-likeness (QED) is 0.126. The number of phosphoric acid groups is 1. The third-order valence-electron chi connectivity index (χ3n) is 6.80. The molecule has 230 valence electrons. The molecule has 3 aromatic rings. The summed E-state index contributed by atoms with van der Waals surface area (Å²) in [7, 11) is -2.16. The summed E-state index contributed by atoms with van der Waals surface area (Å²) in [5, 5.41) is 31.2. The van der Waals surface area contributed by atoms with Crippen LogP contribution in [-0.2, 0) is 32.3 Å². The SMILES string of the molecule is CO[C@@H]1[C@H](OP(=O)(OC)OC[C@H]2O[C@@H](n3cnc4c(=O)[nH]c(N)nc43)[C@H](O)[C@@H]2O)[C@@H](CO)O[C@H]1n1ccc(N)nc1=O. The molecule has 3 aromatic heterocycles. The Bertz CT molecular complexity index is 1600. The number of aliphatic hydroxyl groups is 3. The number of H-pyrrole nitrogens is 1. The van der Waals surface area contributed by atoms with E-state index in [2.05, 4.69) is 19.9 Å². The van der Waals surface area contributed by atoms with Gasteiger partial charge in [-0.05, 0) is 6.07 Å². The number of aromatic nitrogens is 6. The van der Waals surface area contributed by atoms with Crippen molar-refractivity contribution in [1.29, 1.82) is 0 Å². The minimum absolute atomic E-state index is 0.00758. The van der Waals surface area contributed by atoms with Crippen LogP contribution in [0.3, 0.4) is 0 Å². The first-order chi connectivity index (χ1) is 20.0. The molecule has 0 radical (unpaired) electrons. The number of ether oxygens (including phenoxy) is 3. The molecule has 8 N–H and O–H groups in total. The summed E-state index contributed by atoms with van der Waals surface area (Å²) in [6.45, 7) is -1.23. The van der Waals surface area contributed by atoms with Crippen molar-refractivity contribution < 1.29 is 47.7 Å². The maximum atomic E-state index is 13.5. The van der Waals surface area contributed by atoms with Gasteiger partial charge in [0.2, 0.25) is 5.95 Å². The van der Waals surface area contributed by atoms with Crippen molar-refractivity contribution in [2.45, 2.75) is 49.1 Å². The van der Waals surface area contributed by atoms with Gasteiger partial charge in [0.15, 0.2) is 23.6 Å². The number of hydrogen-bond acceptors (Lipinski definition) is 17. The van der Waals surface area contributed by atoms with E-state index in [4.69, 9.17) is 39.2 Å². The fraction of sp³-hybridized carbons (Fsp3) is 0.571. The second-order valence-corrected chi connectivity index (χ2v) is 11.0. The van der Waals surface area contributed by atoms with Gasteiger partial charge < -0.3 is 41.0 Å². The molecule has 2 saturated heterocycles. The molecular weight excluding hydrogens is 587 g/mol. The van der Waals surface area contributed by atoms with Crippen LogP contribution >= 0.6 is 7.82 Å². The van der Waals surface area contributed by atoms with E-state index < -0.39 is 81.4 Å². The van der Waals surface area contributed by atoms with Crippen LogP contribution in [0.5, 0.6) is 0 Å². The average molecular weight is 616 g/mol. The molecule has 42 heavy (non-hydrogen) atoms. The molecule has 9 atom stereocenters. The predicted octanol–water partition coefficient (Wildman–Crippen LogP) is -2.78. The van der Waals surface area contributed by atoms with E-state index >= 15 is 0 Å². The smallest absolute Gasteiger partial charge is 0.394 e. The van der Waals surface area contributed by atoms with Crippen LogP contribution < -0.4 is 22.7 Å². The Morgan fingerprint density at radius 2 is 1.81 bits per heavy atom. The molecule has 2 fully saturated rings. The zero-order valence-electron chi connectivity index (χ0n) is 22.1.